The lowest BCUT2D eigenvalue weighted by Crippen LogP contribution is -2.22. The van der Waals surface area contributed by atoms with E-state index in [2.05, 4.69) is 5.32 Å². The summed E-state index contributed by atoms with van der Waals surface area (Å²) in [6.45, 7) is 0.849. The van der Waals surface area contributed by atoms with Crippen molar-refractivity contribution in [3.8, 4) is 23.0 Å². The normalized spacial score (nSPS) is 11.9. The Labute approximate surface area is 140 Å². The lowest BCUT2D eigenvalue weighted by atomic mass is 10.1. The molecule has 2 aromatic rings. The van der Waals surface area contributed by atoms with Crippen LogP contribution in [-0.2, 0) is 6.54 Å². The van der Waals surface area contributed by atoms with Crippen LogP contribution in [0.5, 0.6) is 23.0 Å². The van der Waals surface area contributed by atoms with Crippen LogP contribution in [0.25, 0.3) is 0 Å². The third-order valence-electron chi connectivity index (χ3n) is 3.54. The lowest BCUT2D eigenvalue weighted by molar-refractivity contribution is 0.174. The van der Waals surface area contributed by atoms with Crippen molar-refractivity contribution in [1.29, 1.82) is 0 Å². The topological polar surface area (TPSA) is 49.0 Å². The molecule has 0 saturated carbocycles. The number of rotatable bonds is 5. The average Bonchev–Trinajstić information content (AvgIpc) is 3.06. The summed E-state index contributed by atoms with van der Waals surface area (Å²) in [5, 5.41) is 3.23. The van der Waals surface area contributed by atoms with E-state index < -0.39 is 0 Å². The predicted molar refractivity (Wildman–Crippen MR) is 90.7 cm³/mol. The van der Waals surface area contributed by atoms with Gasteiger partial charge in [0.1, 0.15) is 16.5 Å². The van der Waals surface area contributed by atoms with Crippen molar-refractivity contribution in [1.82, 2.24) is 5.32 Å². The Kier molecular flexibility index (Phi) is 4.52. The molecule has 0 bridgehead atoms. The number of ether oxygens (including phenoxy) is 4. The summed E-state index contributed by atoms with van der Waals surface area (Å²) in [6, 6.07) is 11.3. The van der Waals surface area contributed by atoms with Crippen LogP contribution >= 0.6 is 12.2 Å². The van der Waals surface area contributed by atoms with Crippen LogP contribution in [0.4, 0.5) is 0 Å². The molecule has 2 aromatic carbocycles. The first-order chi connectivity index (χ1) is 11.2. The molecule has 6 heteroatoms. The van der Waals surface area contributed by atoms with E-state index in [0.717, 1.165) is 28.4 Å². The van der Waals surface area contributed by atoms with Gasteiger partial charge in [-0.05, 0) is 35.9 Å². The Morgan fingerprint density at radius 2 is 1.91 bits per heavy atom. The molecule has 23 heavy (non-hydrogen) atoms. The van der Waals surface area contributed by atoms with E-state index in [0.29, 0.717) is 17.3 Å². The summed E-state index contributed by atoms with van der Waals surface area (Å²) < 4.78 is 21.3. The molecule has 0 aliphatic carbocycles. The Morgan fingerprint density at radius 3 is 2.70 bits per heavy atom. The molecule has 0 atom stereocenters. The van der Waals surface area contributed by atoms with Gasteiger partial charge in [-0.3, -0.25) is 0 Å². The largest absolute Gasteiger partial charge is 0.497 e. The molecule has 1 aliphatic rings. The third kappa shape index (κ3) is 3.32. The van der Waals surface area contributed by atoms with E-state index in [9.17, 15) is 0 Å². The quantitative estimate of drug-likeness (QED) is 0.850. The van der Waals surface area contributed by atoms with Gasteiger partial charge in [0.25, 0.3) is 0 Å². The van der Waals surface area contributed by atoms with Crippen molar-refractivity contribution in [3.63, 3.8) is 0 Å². The summed E-state index contributed by atoms with van der Waals surface area (Å²) in [7, 11) is 3.24. The van der Waals surface area contributed by atoms with E-state index in [1.54, 1.807) is 14.2 Å². The number of fused-ring (bicyclic) bond motifs is 1. The summed E-state index contributed by atoms with van der Waals surface area (Å²) in [4.78, 5) is 0.596. The molecular formula is C17H17NO4S. The Hall–Kier alpha value is -2.47. The second kappa shape index (κ2) is 6.75. The van der Waals surface area contributed by atoms with E-state index in [-0.39, 0.29) is 6.79 Å². The van der Waals surface area contributed by atoms with Gasteiger partial charge in [-0.1, -0.05) is 18.3 Å². The molecule has 0 spiro atoms. The van der Waals surface area contributed by atoms with Gasteiger partial charge >= 0.3 is 0 Å². The highest BCUT2D eigenvalue weighted by atomic mass is 32.1. The van der Waals surface area contributed by atoms with Crippen molar-refractivity contribution in [2.45, 2.75) is 6.54 Å². The van der Waals surface area contributed by atoms with Crippen LogP contribution in [0.2, 0.25) is 0 Å². The highest BCUT2D eigenvalue weighted by Crippen LogP contribution is 2.32. The number of benzene rings is 2. The average molecular weight is 331 g/mol. The van der Waals surface area contributed by atoms with Crippen molar-refractivity contribution in [2.24, 2.45) is 0 Å². The van der Waals surface area contributed by atoms with Gasteiger partial charge in [0.15, 0.2) is 11.5 Å². The predicted octanol–water partition coefficient (Wildman–Crippen LogP) is 2.90. The maximum Gasteiger partial charge on any atom is 0.231 e. The third-order valence-corrected chi connectivity index (χ3v) is 3.91. The molecule has 0 fully saturated rings. The minimum Gasteiger partial charge on any atom is -0.497 e. The molecule has 0 radical (unpaired) electrons. The molecule has 0 unspecified atom stereocenters. The fourth-order valence-corrected chi connectivity index (χ4v) is 2.55. The first-order valence-electron chi connectivity index (χ1n) is 7.10. The van der Waals surface area contributed by atoms with E-state index in [4.69, 9.17) is 31.2 Å². The van der Waals surface area contributed by atoms with Crippen LogP contribution in [0.1, 0.15) is 11.1 Å². The summed E-state index contributed by atoms with van der Waals surface area (Å²) in [6.07, 6.45) is 0. The number of thiocarbonyl (C=S) groups is 1. The number of hydrogen-bond donors (Lipinski definition) is 1. The zero-order valence-electron chi connectivity index (χ0n) is 12.9. The number of hydrogen-bond acceptors (Lipinski definition) is 5. The second-order valence-corrected chi connectivity index (χ2v) is 5.34. The van der Waals surface area contributed by atoms with Gasteiger partial charge in [0.05, 0.1) is 19.8 Å². The summed E-state index contributed by atoms with van der Waals surface area (Å²) >= 11 is 5.48. The fourth-order valence-electron chi connectivity index (χ4n) is 2.32. The number of methoxy groups -OCH3 is 2. The minimum absolute atomic E-state index is 0.269. The summed E-state index contributed by atoms with van der Waals surface area (Å²) in [5.74, 6) is 2.96. The molecule has 5 nitrogen and oxygen atoms in total. The lowest BCUT2D eigenvalue weighted by Gasteiger charge is -2.13. The minimum atomic E-state index is 0.269. The van der Waals surface area contributed by atoms with Crippen LogP contribution in [0, 0.1) is 0 Å². The van der Waals surface area contributed by atoms with Crippen molar-refractivity contribution < 1.29 is 18.9 Å². The molecular weight excluding hydrogens is 314 g/mol. The van der Waals surface area contributed by atoms with Gasteiger partial charge in [0.2, 0.25) is 6.79 Å². The molecule has 0 amide bonds. The molecule has 3 rings (SSSR count). The first-order valence-corrected chi connectivity index (χ1v) is 7.51. The maximum absolute atomic E-state index is 5.48. The van der Waals surface area contributed by atoms with Crippen LogP contribution in [-0.4, -0.2) is 26.0 Å². The number of nitrogens with one attached hydrogen (secondary N) is 1. The zero-order chi connectivity index (χ0) is 16.2. The molecule has 1 N–H and O–H groups in total. The fraction of sp³-hybridized carbons (Fsp3) is 0.235. The first kappa shape index (κ1) is 15.4. The highest BCUT2D eigenvalue weighted by molar-refractivity contribution is 7.80. The van der Waals surface area contributed by atoms with Crippen molar-refractivity contribution >= 4 is 17.2 Å². The second-order valence-electron chi connectivity index (χ2n) is 4.94. The smallest absolute Gasteiger partial charge is 0.231 e. The Balaban J connectivity index is 1.72. The SMILES string of the molecule is COc1ccc(OC)c(C(=S)NCc2ccc3c(c2)OCO3)c1. The summed E-state index contributed by atoms with van der Waals surface area (Å²) in [5.41, 5.74) is 1.85. The molecule has 0 saturated heterocycles. The van der Waals surface area contributed by atoms with E-state index >= 15 is 0 Å². The molecule has 1 heterocycles. The standard InChI is InChI=1S/C17H17NO4S/c1-19-12-4-6-14(20-2)13(8-12)17(23)18-9-11-3-5-15-16(7-11)22-10-21-15/h3-8H,9-10H2,1-2H3,(H,18,23). The maximum atomic E-state index is 5.48. The Morgan fingerprint density at radius 1 is 1.09 bits per heavy atom. The van der Waals surface area contributed by atoms with Crippen molar-refractivity contribution in [3.05, 3.63) is 47.5 Å². The van der Waals surface area contributed by atoms with Crippen LogP contribution in [0.3, 0.4) is 0 Å². The molecule has 0 aromatic heterocycles. The monoisotopic (exact) mass is 331 g/mol. The molecule has 120 valence electrons. The Bertz CT molecular complexity index is 733. The van der Waals surface area contributed by atoms with Gasteiger partial charge in [-0.25, -0.2) is 0 Å². The van der Waals surface area contributed by atoms with E-state index in [1.807, 2.05) is 36.4 Å². The highest BCUT2D eigenvalue weighted by Gasteiger charge is 2.14. The van der Waals surface area contributed by atoms with Gasteiger partial charge < -0.3 is 24.3 Å². The van der Waals surface area contributed by atoms with Gasteiger partial charge in [-0.2, -0.15) is 0 Å². The van der Waals surface area contributed by atoms with E-state index in [1.165, 1.54) is 0 Å². The molecule has 1 aliphatic heterocycles. The van der Waals surface area contributed by atoms with Crippen LogP contribution in [0.15, 0.2) is 36.4 Å². The van der Waals surface area contributed by atoms with Gasteiger partial charge in [0, 0.05) is 6.54 Å². The van der Waals surface area contributed by atoms with Crippen LogP contribution < -0.4 is 24.3 Å². The van der Waals surface area contributed by atoms with Crippen molar-refractivity contribution in [2.75, 3.05) is 21.0 Å². The zero-order valence-corrected chi connectivity index (χ0v) is 13.7. The van der Waals surface area contributed by atoms with Gasteiger partial charge in [-0.15, -0.1) is 0 Å².